The Bertz CT molecular complexity index is 644. The number of carbonyl (C=O) groups excluding carboxylic acids is 2. The van der Waals surface area contributed by atoms with Gasteiger partial charge in [-0.2, -0.15) is 0 Å². The number of rotatable bonds is 7. The quantitative estimate of drug-likeness (QED) is 0.702. The summed E-state index contributed by atoms with van der Waals surface area (Å²) in [6, 6.07) is 5.34. The fourth-order valence-corrected chi connectivity index (χ4v) is 2.58. The highest BCUT2D eigenvalue weighted by Crippen LogP contribution is 2.25. The van der Waals surface area contributed by atoms with Crippen LogP contribution < -0.4 is 9.47 Å². The molecule has 1 aliphatic heterocycles. The van der Waals surface area contributed by atoms with Gasteiger partial charge < -0.3 is 14.2 Å². The summed E-state index contributed by atoms with van der Waals surface area (Å²) in [7, 11) is 3.14. The van der Waals surface area contributed by atoms with E-state index in [1.807, 2.05) is 6.92 Å². The summed E-state index contributed by atoms with van der Waals surface area (Å²) >= 11 is 0. The third kappa shape index (κ3) is 4.73. The number of amides is 2. The van der Waals surface area contributed by atoms with Gasteiger partial charge >= 0.3 is 0 Å². The zero-order chi connectivity index (χ0) is 18.2. The molecule has 0 saturated carbocycles. The Balaban J connectivity index is 2.10. The minimum atomic E-state index is -0.257. The number of ether oxygens (including phenoxy) is 3. The second-order valence-electron chi connectivity index (χ2n) is 5.41. The molecule has 0 atom stereocenters. The van der Waals surface area contributed by atoms with Crippen LogP contribution in [-0.4, -0.2) is 62.4 Å². The van der Waals surface area contributed by atoms with E-state index in [0.717, 1.165) is 12.0 Å². The van der Waals surface area contributed by atoms with Crippen LogP contribution in [0.2, 0.25) is 0 Å². The molecular formula is C18H24N2O5. The molecule has 1 saturated heterocycles. The molecule has 0 spiro atoms. The number of nitrogens with zero attached hydrogens (tertiary/aromatic N) is 2. The molecule has 2 rings (SSSR count). The van der Waals surface area contributed by atoms with Crippen LogP contribution in [-0.2, 0) is 14.3 Å². The zero-order valence-corrected chi connectivity index (χ0v) is 14.9. The monoisotopic (exact) mass is 348 g/mol. The fourth-order valence-electron chi connectivity index (χ4n) is 2.58. The minimum Gasteiger partial charge on any atom is -0.497 e. The molecule has 1 fully saturated rings. The lowest BCUT2D eigenvalue weighted by Crippen LogP contribution is -2.45. The van der Waals surface area contributed by atoms with Crippen molar-refractivity contribution in [2.45, 2.75) is 13.3 Å². The fraction of sp³-hybridized carbons (Fsp3) is 0.444. The van der Waals surface area contributed by atoms with Gasteiger partial charge in [0.2, 0.25) is 0 Å². The molecule has 0 unspecified atom stereocenters. The first-order chi connectivity index (χ1) is 12.1. The molecule has 1 heterocycles. The number of benzene rings is 1. The molecule has 1 aromatic carbocycles. The van der Waals surface area contributed by atoms with Crippen LogP contribution in [0.1, 0.15) is 18.9 Å². The summed E-state index contributed by atoms with van der Waals surface area (Å²) in [6.07, 6.45) is 3.84. The molecule has 0 aliphatic carbocycles. The third-order valence-corrected chi connectivity index (χ3v) is 3.85. The van der Waals surface area contributed by atoms with Crippen molar-refractivity contribution in [3.05, 3.63) is 29.8 Å². The van der Waals surface area contributed by atoms with Gasteiger partial charge in [0.05, 0.1) is 14.2 Å². The molecule has 0 N–H and O–H groups in total. The Morgan fingerprint density at radius 3 is 2.60 bits per heavy atom. The predicted molar refractivity (Wildman–Crippen MR) is 93.1 cm³/mol. The van der Waals surface area contributed by atoms with E-state index < -0.39 is 0 Å². The van der Waals surface area contributed by atoms with E-state index in [-0.39, 0.29) is 18.4 Å². The molecule has 7 heteroatoms. The lowest BCUT2D eigenvalue weighted by Gasteiger charge is -2.26. The van der Waals surface area contributed by atoms with Crippen molar-refractivity contribution in [3.63, 3.8) is 0 Å². The lowest BCUT2D eigenvalue weighted by molar-refractivity contribution is -0.157. The summed E-state index contributed by atoms with van der Waals surface area (Å²) < 4.78 is 15.6. The highest BCUT2D eigenvalue weighted by Gasteiger charge is 2.29. The van der Waals surface area contributed by atoms with Crippen LogP contribution >= 0.6 is 0 Å². The smallest absolute Gasteiger partial charge is 0.267 e. The van der Waals surface area contributed by atoms with Crippen LogP contribution in [0.25, 0.3) is 6.08 Å². The van der Waals surface area contributed by atoms with E-state index in [2.05, 4.69) is 0 Å². The highest BCUT2D eigenvalue weighted by molar-refractivity contribution is 5.94. The molecule has 0 aromatic heterocycles. The van der Waals surface area contributed by atoms with Gasteiger partial charge in [-0.15, -0.1) is 0 Å². The maximum atomic E-state index is 12.5. The average Bonchev–Trinajstić information content (AvgIpc) is 3.13. The zero-order valence-electron chi connectivity index (χ0n) is 14.9. The molecule has 0 bridgehead atoms. The summed E-state index contributed by atoms with van der Waals surface area (Å²) in [4.78, 5) is 24.6. The van der Waals surface area contributed by atoms with Crippen molar-refractivity contribution in [1.82, 2.24) is 10.0 Å². The van der Waals surface area contributed by atoms with Gasteiger partial charge in [0, 0.05) is 31.3 Å². The van der Waals surface area contributed by atoms with Crippen molar-refractivity contribution >= 4 is 17.9 Å². The number of hydrazine groups is 1. The maximum absolute atomic E-state index is 12.5. The first-order valence-corrected chi connectivity index (χ1v) is 8.20. The molecule has 7 nitrogen and oxygen atoms in total. The van der Waals surface area contributed by atoms with Crippen LogP contribution in [0.3, 0.4) is 0 Å². The molecule has 1 aliphatic rings. The van der Waals surface area contributed by atoms with E-state index in [0.29, 0.717) is 31.2 Å². The van der Waals surface area contributed by atoms with Crippen LogP contribution in [0, 0.1) is 0 Å². The standard InChI is InChI=1S/C18H24N2O5/c1-4-25-13-18(22)20-11-5-10-19(20)17(21)9-6-14-12-15(23-2)7-8-16(14)24-3/h6-9,12H,4-5,10-11,13H2,1-3H3. The van der Waals surface area contributed by atoms with Gasteiger partial charge in [0.1, 0.15) is 18.1 Å². The largest absolute Gasteiger partial charge is 0.497 e. The summed E-state index contributed by atoms with van der Waals surface area (Å²) in [5.74, 6) is 0.838. The molecule has 136 valence electrons. The Morgan fingerprint density at radius 1 is 1.16 bits per heavy atom. The van der Waals surface area contributed by atoms with E-state index in [9.17, 15) is 9.59 Å². The van der Waals surface area contributed by atoms with Crippen LogP contribution in [0.15, 0.2) is 24.3 Å². The van der Waals surface area contributed by atoms with Crippen molar-refractivity contribution in [2.75, 3.05) is 40.5 Å². The van der Waals surface area contributed by atoms with Gasteiger partial charge in [-0.25, -0.2) is 10.0 Å². The predicted octanol–water partition coefficient (Wildman–Crippen LogP) is 1.73. The van der Waals surface area contributed by atoms with Gasteiger partial charge in [0.25, 0.3) is 11.8 Å². The van der Waals surface area contributed by atoms with Crippen molar-refractivity contribution in [1.29, 1.82) is 0 Å². The minimum absolute atomic E-state index is 0.0201. The van der Waals surface area contributed by atoms with Gasteiger partial charge in [-0.05, 0) is 37.6 Å². The molecular weight excluding hydrogens is 324 g/mol. The van der Waals surface area contributed by atoms with E-state index >= 15 is 0 Å². The molecule has 0 radical (unpaired) electrons. The van der Waals surface area contributed by atoms with Gasteiger partial charge in [-0.1, -0.05) is 0 Å². The molecule has 25 heavy (non-hydrogen) atoms. The van der Waals surface area contributed by atoms with Crippen LogP contribution in [0.5, 0.6) is 11.5 Å². The van der Waals surface area contributed by atoms with E-state index in [1.54, 1.807) is 38.5 Å². The van der Waals surface area contributed by atoms with E-state index in [4.69, 9.17) is 14.2 Å². The lowest BCUT2D eigenvalue weighted by atomic mass is 10.1. The Morgan fingerprint density at radius 2 is 1.92 bits per heavy atom. The third-order valence-electron chi connectivity index (χ3n) is 3.85. The number of carbonyl (C=O) groups is 2. The van der Waals surface area contributed by atoms with E-state index in [1.165, 1.54) is 16.1 Å². The SMILES string of the molecule is CCOCC(=O)N1CCCN1C(=O)C=Cc1cc(OC)ccc1OC. The summed E-state index contributed by atoms with van der Waals surface area (Å²) in [5.41, 5.74) is 0.724. The number of hydrogen-bond donors (Lipinski definition) is 0. The van der Waals surface area contributed by atoms with Gasteiger partial charge in [-0.3, -0.25) is 9.59 Å². The highest BCUT2D eigenvalue weighted by atomic mass is 16.5. The van der Waals surface area contributed by atoms with Crippen LogP contribution in [0.4, 0.5) is 0 Å². The first-order valence-electron chi connectivity index (χ1n) is 8.20. The first kappa shape index (κ1) is 18.8. The van der Waals surface area contributed by atoms with Gasteiger partial charge in [0.15, 0.2) is 0 Å². The normalized spacial score (nSPS) is 14.2. The van der Waals surface area contributed by atoms with Crippen molar-refractivity contribution in [3.8, 4) is 11.5 Å². The molecule has 2 amide bonds. The summed E-state index contributed by atoms with van der Waals surface area (Å²) in [5, 5.41) is 2.90. The topological polar surface area (TPSA) is 68.3 Å². The van der Waals surface area contributed by atoms with Crippen molar-refractivity contribution in [2.24, 2.45) is 0 Å². The summed E-state index contributed by atoms with van der Waals surface area (Å²) in [6.45, 7) is 3.30. The second-order valence-corrected chi connectivity index (χ2v) is 5.41. The Labute approximate surface area is 147 Å². The molecule has 1 aromatic rings. The Hall–Kier alpha value is -2.54. The average molecular weight is 348 g/mol. The number of methoxy groups -OCH3 is 2. The maximum Gasteiger partial charge on any atom is 0.267 e. The second kappa shape index (κ2) is 9.08. The van der Waals surface area contributed by atoms with Crippen molar-refractivity contribution < 1.29 is 23.8 Å². The number of hydrogen-bond acceptors (Lipinski definition) is 5. The Kier molecular flexibility index (Phi) is 6.82.